The number of hydrogen-bond acceptors (Lipinski definition) is 4. The summed E-state index contributed by atoms with van der Waals surface area (Å²) in [4.78, 5) is 39.2. The molecular weight excluding hydrogens is 392 g/mol. The molecule has 31 heavy (non-hydrogen) atoms. The fourth-order valence-corrected chi connectivity index (χ4v) is 5.32. The van der Waals surface area contributed by atoms with Crippen LogP contribution in [0.25, 0.3) is 0 Å². The summed E-state index contributed by atoms with van der Waals surface area (Å²) in [5, 5.41) is 14.4. The molecule has 6 heteroatoms. The lowest BCUT2D eigenvalue weighted by Gasteiger charge is -2.29. The smallest absolute Gasteiger partial charge is 0.258 e. The number of carbonyl (C=O) groups excluding carboxylic acids is 3. The van der Waals surface area contributed by atoms with Gasteiger partial charge in [0.2, 0.25) is 5.91 Å². The summed E-state index contributed by atoms with van der Waals surface area (Å²) in [6, 6.07) is 14.7. The van der Waals surface area contributed by atoms with Crippen LogP contribution in [0, 0.1) is 23.7 Å². The maximum atomic E-state index is 13.1. The van der Waals surface area contributed by atoms with Gasteiger partial charge in [0.1, 0.15) is 0 Å². The standard InChI is InChI=1S/C25H24N2O4/c28-23(21-17-7-8-18(14-17)22(21)25(30)31)26-19-11-9-16(10-12-19)24(29)27-13-3-5-15-4-1-2-6-20(15)27/h1-2,4,6-12,17-18,21-22H,3,5,13-14H2,(H,26,28)(H,30,31)/p-1/t17-,18+,21+,22+/m1/s1. The van der Waals surface area contributed by atoms with E-state index in [4.69, 9.17) is 0 Å². The maximum absolute atomic E-state index is 13.1. The lowest BCUT2D eigenvalue weighted by Crippen LogP contribution is -2.42. The van der Waals surface area contributed by atoms with Crippen LogP contribution in [0.1, 0.15) is 28.8 Å². The van der Waals surface area contributed by atoms with Crippen LogP contribution in [0.4, 0.5) is 11.4 Å². The highest BCUT2D eigenvalue weighted by molar-refractivity contribution is 6.07. The first-order valence-corrected chi connectivity index (χ1v) is 10.7. The summed E-state index contributed by atoms with van der Waals surface area (Å²) in [6.45, 7) is 0.677. The number of rotatable bonds is 4. The van der Waals surface area contributed by atoms with E-state index in [1.165, 1.54) is 5.56 Å². The number of carbonyl (C=O) groups is 3. The van der Waals surface area contributed by atoms with Gasteiger partial charge in [0.25, 0.3) is 5.91 Å². The van der Waals surface area contributed by atoms with E-state index in [1.54, 1.807) is 29.2 Å². The summed E-state index contributed by atoms with van der Waals surface area (Å²) < 4.78 is 0. The van der Waals surface area contributed by atoms with Crippen molar-refractivity contribution in [2.45, 2.75) is 19.3 Å². The van der Waals surface area contributed by atoms with E-state index in [2.05, 4.69) is 11.4 Å². The second-order valence-electron chi connectivity index (χ2n) is 8.57. The Hall–Kier alpha value is -3.41. The fourth-order valence-electron chi connectivity index (χ4n) is 5.32. The van der Waals surface area contributed by atoms with Crippen molar-refractivity contribution < 1.29 is 19.5 Å². The summed E-state index contributed by atoms with van der Waals surface area (Å²) in [5.41, 5.74) is 3.22. The number of hydrogen-bond donors (Lipinski definition) is 1. The van der Waals surface area contributed by atoms with E-state index in [1.807, 2.05) is 30.4 Å². The Morgan fingerprint density at radius 3 is 2.39 bits per heavy atom. The zero-order valence-electron chi connectivity index (χ0n) is 17.0. The normalized spacial score (nSPS) is 25.9. The van der Waals surface area contributed by atoms with E-state index in [0.29, 0.717) is 24.2 Å². The van der Waals surface area contributed by atoms with Crippen LogP contribution in [0.2, 0.25) is 0 Å². The van der Waals surface area contributed by atoms with Crippen molar-refractivity contribution in [1.82, 2.24) is 0 Å². The van der Waals surface area contributed by atoms with E-state index < -0.39 is 17.8 Å². The zero-order chi connectivity index (χ0) is 21.5. The van der Waals surface area contributed by atoms with Crippen molar-refractivity contribution in [3.63, 3.8) is 0 Å². The average molecular weight is 415 g/mol. The summed E-state index contributed by atoms with van der Waals surface area (Å²) in [5.74, 6) is -3.14. The van der Waals surface area contributed by atoms with Crippen molar-refractivity contribution in [3.05, 3.63) is 71.8 Å². The minimum absolute atomic E-state index is 0.0621. The first-order valence-electron chi connectivity index (χ1n) is 10.7. The van der Waals surface area contributed by atoms with E-state index >= 15 is 0 Å². The molecule has 1 heterocycles. The van der Waals surface area contributed by atoms with Gasteiger partial charge in [-0.2, -0.15) is 0 Å². The number of anilines is 2. The van der Waals surface area contributed by atoms with Crippen LogP contribution >= 0.6 is 0 Å². The minimum atomic E-state index is -1.17. The van der Waals surface area contributed by atoms with Gasteiger partial charge in [-0.1, -0.05) is 30.4 Å². The lowest BCUT2D eigenvalue weighted by atomic mass is 9.82. The van der Waals surface area contributed by atoms with Crippen LogP contribution in [-0.4, -0.2) is 24.3 Å². The molecule has 2 bridgehead atoms. The molecule has 0 aromatic heterocycles. The second-order valence-corrected chi connectivity index (χ2v) is 8.57. The molecule has 4 atom stereocenters. The average Bonchev–Trinajstić information content (AvgIpc) is 3.41. The molecule has 2 aliphatic carbocycles. The third-order valence-corrected chi connectivity index (χ3v) is 6.79. The molecule has 5 rings (SSSR count). The Bertz CT molecular complexity index is 1080. The van der Waals surface area contributed by atoms with Gasteiger partial charge < -0.3 is 20.1 Å². The van der Waals surface area contributed by atoms with Crippen LogP contribution in [0.15, 0.2) is 60.7 Å². The zero-order valence-corrected chi connectivity index (χ0v) is 17.0. The van der Waals surface area contributed by atoms with Crippen molar-refractivity contribution in [3.8, 4) is 0 Å². The Labute approximate surface area is 180 Å². The topological polar surface area (TPSA) is 89.5 Å². The second kappa shape index (κ2) is 7.69. The summed E-state index contributed by atoms with van der Waals surface area (Å²) in [6.07, 6.45) is 6.40. The Morgan fingerprint density at radius 1 is 0.935 bits per heavy atom. The Balaban J connectivity index is 1.30. The third-order valence-electron chi connectivity index (χ3n) is 6.79. The highest BCUT2D eigenvalue weighted by Crippen LogP contribution is 2.48. The molecule has 2 aromatic rings. The van der Waals surface area contributed by atoms with Gasteiger partial charge in [-0.05, 0) is 67.0 Å². The molecule has 0 radical (unpaired) electrons. The van der Waals surface area contributed by atoms with Gasteiger partial charge in [-0.25, -0.2) is 0 Å². The fraction of sp³-hybridized carbons (Fsp3) is 0.320. The first-order chi connectivity index (χ1) is 15.0. The number of allylic oxidation sites excluding steroid dienone is 2. The van der Waals surface area contributed by atoms with Gasteiger partial charge in [-0.15, -0.1) is 0 Å². The monoisotopic (exact) mass is 415 g/mol. The number of carboxylic acid groups (broad SMARTS) is 1. The predicted octanol–water partition coefficient (Wildman–Crippen LogP) is 2.41. The number of aryl methyl sites for hydroxylation is 1. The molecule has 2 aromatic carbocycles. The van der Waals surface area contributed by atoms with Gasteiger partial charge in [0.15, 0.2) is 0 Å². The van der Waals surface area contributed by atoms with Crippen molar-refractivity contribution >= 4 is 29.2 Å². The first kappa shape index (κ1) is 19.5. The molecule has 0 unspecified atom stereocenters. The number of nitrogens with one attached hydrogen (secondary N) is 1. The summed E-state index contributed by atoms with van der Waals surface area (Å²) in [7, 11) is 0. The van der Waals surface area contributed by atoms with Gasteiger partial charge in [0, 0.05) is 35.4 Å². The van der Waals surface area contributed by atoms with Crippen molar-refractivity contribution in [2.75, 3.05) is 16.8 Å². The number of amides is 2. The number of para-hydroxylation sites is 1. The number of carboxylic acids is 1. The van der Waals surface area contributed by atoms with Gasteiger partial charge in [-0.3, -0.25) is 9.59 Å². The number of benzene rings is 2. The van der Waals surface area contributed by atoms with Crippen molar-refractivity contribution in [1.29, 1.82) is 0 Å². The number of aliphatic carboxylic acids is 1. The molecule has 0 saturated heterocycles. The molecule has 0 spiro atoms. The molecule has 1 N–H and O–H groups in total. The van der Waals surface area contributed by atoms with E-state index in [9.17, 15) is 19.5 Å². The van der Waals surface area contributed by atoms with Gasteiger partial charge in [0.05, 0.1) is 5.92 Å². The van der Waals surface area contributed by atoms with Crippen LogP contribution < -0.4 is 15.3 Å². The van der Waals surface area contributed by atoms with E-state index in [0.717, 1.165) is 18.5 Å². The Kier molecular flexibility index (Phi) is 4.85. The maximum Gasteiger partial charge on any atom is 0.258 e. The predicted molar refractivity (Wildman–Crippen MR) is 114 cm³/mol. The molecule has 1 aliphatic heterocycles. The van der Waals surface area contributed by atoms with Crippen LogP contribution in [0.5, 0.6) is 0 Å². The van der Waals surface area contributed by atoms with E-state index in [-0.39, 0.29) is 23.7 Å². The number of fused-ring (bicyclic) bond motifs is 3. The van der Waals surface area contributed by atoms with Crippen LogP contribution in [-0.2, 0) is 16.0 Å². The largest absolute Gasteiger partial charge is 0.550 e. The van der Waals surface area contributed by atoms with Crippen molar-refractivity contribution in [2.24, 2.45) is 23.7 Å². The molecule has 6 nitrogen and oxygen atoms in total. The lowest BCUT2D eigenvalue weighted by molar-refractivity contribution is -0.313. The van der Waals surface area contributed by atoms with Gasteiger partial charge >= 0.3 is 0 Å². The molecule has 1 fully saturated rings. The molecule has 3 aliphatic rings. The quantitative estimate of drug-likeness (QED) is 0.777. The minimum Gasteiger partial charge on any atom is -0.550 e. The number of nitrogens with zero attached hydrogens (tertiary/aromatic N) is 1. The molecular formula is C25H23N2O4-. The van der Waals surface area contributed by atoms with Crippen LogP contribution in [0.3, 0.4) is 0 Å². The molecule has 1 saturated carbocycles. The summed E-state index contributed by atoms with van der Waals surface area (Å²) >= 11 is 0. The SMILES string of the molecule is O=C(Nc1ccc(C(=O)N2CCCc3ccccc32)cc1)[C@@H]1[C@@H](C(=O)[O-])[C@H]2C=C[C@@H]1C2. The molecule has 2 amide bonds. The highest BCUT2D eigenvalue weighted by atomic mass is 16.4. The molecule has 158 valence electrons. The Morgan fingerprint density at radius 2 is 1.65 bits per heavy atom. The third kappa shape index (κ3) is 3.42. The highest BCUT2D eigenvalue weighted by Gasteiger charge is 2.48.